The van der Waals surface area contributed by atoms with Crippen LogP contribution in [0.15, 0.2) is 0 Å². The smallest absolute Gasteiger partial charge is 0 e. The molecular formula is C6H14BrZn-. The van der Waals surface area contributed by atoms with E-state index in [0.29, 0.717) is 0 Å². The molecule has 0 nitrogen and oxygen atoms in total. The normalized spacial score (nSPS) is 10.9. The average Bonchev–Trinajstić information content (AvgIpc) is 1.65. The number of hydrogen-bond acceptors (Lipinski definition) is 0. The molecule has 8 heavy (non-hydrogen) atoms. The average molecular weight is 231 g/mol. The van der Waals surface area contributed by atoms with E-state index in [9.17, 15) is 0 Å². The van der Waals surface area contributed by atoms with Gasteiger partial charge in [0.05, 0.1) is 0 Å². The first-order chi connectivity index (χ1) is 2.81. The summed E-state index contributed by atoms with van der Waals surface area (Å²) in [6.07, 6.45) is 2.35. The topological polar surface area (TPSA) is 0 Å². The van der Waals surface area contributed by atoms with E-state index in [1.54, 1.807) is 0 Å². The molecular weight excluding hydrogens is 217 g/mol. The second-order valence-electron chi connectivity index (χ2n) is 1.80. The fraction of sp³-hybridized carbons (Fsp3) is 0.833. The molecule has 0 saturated heterocycles. The molecule has 0 saturated carbocycles. The van der Waals surface area contributed by atoms with E-state index in [1.807, 2.05) is 0 Å². The standard InChI is InChI=1S/C6H13.BrH.Zn/c1-4-6(3)5-2;;/h6H,1,4-5H2,2-3H3;1H;/q-1;;. The van der Waals surface area contributed by atoms with Crippen LogP contribution >= 0.6 is 17.0 Å². The van der Waals surface area contributed by atoms with Crippen molar-refractivity contribution in [3.8, 4) is 0 Å². The molecule has 0 N–H and O–H groups in total. The van der Waals surface area contributed by atoms with Crippen LogP contribution in [0.25, 0.3) is 0 Å². The summed E-state index contributed by atoms with van der Waals surface area (Å²) < 4.78 is 0. The number of halogens is 1. The summed E-state index contributed by atoms with van der Waals surface area (Å²) in [6.45, 7) is 8.16. The summed E-state index contributed by atoms with van der Waals surface area (Å²) in [4.78, 5) is 0. The summed E-state index contributed by atoms with van der Waals surface area (Å²) >= 11 is 0. The molecule has 0 aromatic carbocycles. The summed E-state index contributed by atoms with van der Waals surface area (Å²) in [5.41, 5.74) is 0. The van der Waals surface area contributed by atoms with E-state index in [-0.39, 0.29) is 36.5 Å². The van der Waals surface area contributed by atoms with Gasteiger partial charge < -0.3 is 6.92 Å². The summed E-state index contributed by atoms with van der Waals surface area (Å²) in [6, 6.07) is 0. The van der Waals surface area contributed by atoms with Gasteiger partial charge in [-0.15, -0.1) is 17.0 Å². The Hall–Kier alpha value is 1.10. The van der Waals surface area contributed by atoms with Crippen LogP contribution in [0, 0.1) is 12.8 Å². The third-order valence-corrected chi connectivity index (χ3v) is 1.19. The van der Waals surface area contributed by atoms with Crippen molar-refractivity contribution in [2.24, 2.45) is 5.92 Å². The molecule has 1 atom stereocenters. The van der Waals surface area contributed by atoms with Crippen LogP contribution in [0.2, 0.25) is 0 Å². The van der Waals surface area contributed by atoms with Crippen molar-refractivity contribution in [1.29, 1.82) is 0 Å². The Kier molecular flexibility index (Phi) is 22.0. The zero-order chi connectivity index (χ0) is 4.99. The molecule has 0 radical (unpaired) electrons. The maximum Gasteiger partial charge on any atom is 0 e. The maximum absolute atomic E-state index is 3.76. The third-order valence-electron chi connectivity index (χ3n) is 1.19. The molecule has 0 aliphatic rings. The van der Waals surface area contributed by atoms with Crippen LogP contribution in [0.3, 0.4) is 0 Å². The molecule has 0 aromatic heterocycles. The van der Waals surface area contributed by atoms with Crippen molar-refractivity contribution < 1.29 is 19.5 Å². The molecule has 2 heteroatoms. The zero-order valence-corrected chi connectivity index (χ0v) is 10.5. The minimum atomic E-state index is 0. The molecule has 0 bridgehead atoms. The monoisotopic (exact) mass is 229 g/mol. The van der Waals surface area contributed by atoms with Gasteiger partial charge in [0.1, 0.15) is 0 Å². The van der Waals surface area contributed by atoms with E-state index < -0.39 is 0 Å². The summed E-state index contributed by atoms with van der Waals surface area (Å²) in [5, 5.41) is 0. The molecule has 48 valence electrons. The molecule has 0 aliphatic carbocycles. The molecule has 0 rings (SSSR count). The zero-order valence-electron chi connectivity index (χ0n) is 5.81. The minimum Gasteiger partial charge on any atom is -0.343 e. The van der Waals surface area contributed by atoms with Crippen molar-refractivity contribution >= 4 is 17.0 Å². The van der Waals surface area contributed by atoms with E-state index >= 15 is 0 Å². The van der Waals surface area contributed by atoms with Gasteiger partial charge in [-0.25, -0.2) is 0 Å². The Morgan fingerprint density at radius 2 is 1.88 bits per heavy atom. The Balaban J connectivity index is -0.000000125. The van der Waals surface area contributed by atoms with Crippen LogP contribution < -0.4 is 0 Å². The van der Waals surface area contributed by atoms with Crippen LogP contribution in [0.4, 0.5) is 0 Å². The second-order valence-corrected chi connectivity index (χ2v) is 1.80. The van der Waals surface area contributed by atoms with E-state index in [0.717, 1.165) is 12.3 Å². The molecule has 0 amide bonds. The Labute approximate surface area is 76.0 Å². The van der Waals surface area contributed by atoms with Gasteiger partial charge in [-0.3, -0.25) is 0 Å². The minimum absolute atomic E-state index is 0. The first-order valence-electron chi connectivity index (χ1n) is 2.60. The van der Waals surface area contributed by atoms with Crippen LogP contribution in [0.5, 0.6) is 0 Å². The van der Waals surface area contributed by atoms with E-state index in [1.165, 1.54) is 6.42 Å². The quantitative estimate of drug-likeness (QED) is 0.506. The van der Waals surface area contributed by atoms with Crippen LogP contribution in [-0.4, -0.2) is 0 Å². The van der Waals surface area contributed by atoms with Crippen molar-refractivity contribution in [2.75, 3.05) is 0 Å². The van der Waals surface area contributed by atoms with Gasteiger partial charge in [0.2, 0.25) is 0 Å². The van der Waals surface area contributed by atoms with E-state index in [4.69, 9.17) is 0 Å². The predicted octanol–water partition coefficient (Wildman–Crippen LogP) is 2.83. The molecule has 0 fully saturated rings. The van der Waals surface area contributed by atoms with Gasteiger partial charge in [-0.05, 0) is 0 Å². The van der Waals surface area contributed by atoms with Crippen molar-refractivity contribution in [1.82, 2.24) is 0 Å². The first kappa shape index (κ1) is 16.0. The number of hydrogen-bond donors (Lipinski definition) is 0. The van der Waals surface area contributed by atoms with Crippen molar-refractivity contribution in [3.05, 3.63) is 6.92 Å². The van der Waals surface area contributed by atoms with Gasteiger partial charge >= 0.3 is 0 Å². The predicted molar refractivity (Wildman–Crippen MR) is 39.8 cm³/mol. The fourth-order valence-corrected chi connectivity index (χ4v) is 0.204. The van der Waals surface area contributed by atoms with Crippen molar-refractivity contribution in [2.45, 2.75) is 26.7 Å². The SMILES string of the molecule is Br.[CH2-]CC(C)CC.[Zn]. The van der Waals surface area contributed by atoms with Gasteiger partial charge in [-0.1, -0.05) is 26.2 Å². The number of rotatable bonds is 2. The Morgan fingerprint density at radius 1 is 1.50 bits per heavy atom. The second kappa shape index (κ2) is 11.0. The summed E-state index contributed by atoms with van der Waals surface area (Å²) in [7, 11) is 0. The molecule has 0 aromatic rings. The molecule has 0 aliphatic heterocycles. The Bertz CT molecular complexity index is 27.7. The molecule has 0 spiro atoms. The largest absolute Gasteiger partial charge is 0.343 e. The Morgan fingerprint density at radius 3 is 1.88 bits per heavy atom. The van der Waals surface area contributed by atoms with Crippen LogP contribution in [0.1, 0.15) is 26.7 Å². The van der Waals surface area contributed by atoms with Gasteiger partial charge in [0, 0.05) is 19.5 Å². The van der Waals surface area contributed by atoms with Crippen molar-refractivity contribution in [3.63, 3.8) is 0 Å². The van der Waals surface area contributed by atoms with Gasteiger partial charge in [-0.2, -0.15) is 6.42 Å². The molecule has 0 heterocycles. The van der Waals surface area contributed by atoms with Gasteiger partial charge in [0.15, 0.2) is 0 Å². The van der Waals surface area contributed by atoms with E-state index in [2.05, 4.69) is 20.8 Å². The maximum atomic E-state index is 3.76. The first-order valence-corrected chi connectivity index (χ1v) is 2.60. The third kappa shape index (κ3) is 10.2. The molecule has 1 unspecified atom stereocenters. The fourth-order valence-electron chi connectivity index (χ4n) is 0.204. The van der Waals surface area contributed by atoms with Crippen LogP contribution in [-0.2, 0) is 19.5 Å². The summed E-state index contributed by atoms with van der Waals surface area (Å²) in [5.74, 6) is 0.824. The van der Waals surface area contributed by atoms with Gasteiger partial charge in [0.25, 0.3) is 0 Å².